The maximum Gasteiger partial charge on any atom is 0.243 e. The van der Waals surface area contributed by atoms with Crippen LogP contribution in [0.1, 0.15) is 16.7 Å². The Bertz CT molecular complexity index is 586. The van der Waals surface area contributed by atoms with Gasteiger partial charge in [-0.25, -0.2) is 8.42 Å². The molecule has 1 aromatic rings. The van der Waals surface area contributed by atoms with Crippen molar-refractivity contribution in [3.8, 4) is 12.3 Å². The Morgan fingerprint density at radius 2 is 2.00 bits per heavy atom. The fourth-order valence-corrected chi connectivity index (χ4v) is 3.09. The average Bonchev–Trinajstić information content (AvgIpc) is 2.32. The van der Waals surface area contributed by atoms with E-state index in [-0.39, 0.29) is 11.4 Å². The first-order valence-electron chi connectivity index (χ1n) is 5.54. The third-order valence-corrected chi connectivity index (χ3v) is 4.85. The van der Waals surface area contributed by atoms with E-state index < -0.39 is 10.0 Å². The second-order valence-electron chi connectivity index (χ2n) is 4.21. The molecule has 0 aliphatic carbocycles. The van der Waals surface area contributed by atoms with Crippen molar-refractivity contribution in [1.82, 2.24) is 4.31 Å². The Morgan fingerprint density at radius 1 is 1.39 bits per heavy atom. The molecule has 0 unspecified atom stereocenters. The smallest absolute Gasteiger partial charge is 0.243 e. The van der Waals surface area contributed by atoms with Crippen molar-refractivity contribution < 1.29 is 8.42 Å². The second-order valence-corrected chi connectivity index (χ2v) is 6.22. The van der Waals surface area contributed by atoms with E-state index in [0.29, 0.717) is 6.54 Å². The molecule has 0 radical (unpaired) electrons. The molecule has 4 nitrogen and oxygen atoms in total. The molecule has 0 saturated heterocycles. The van der Waals surface area contributed by atoms with Gasteiger partial charge in [-0.1, -0.05) is 12.0 Å². The van der Waals surface area contributed by atoms with Crippen LogP contribution in [0, 0.1) is 26.2 Å². The largest absolute Gasteiger partial charge is 0.326 e. The van der Waals surface area contributed by atoms with Crippen LogP contribution >= 0.6 is 0 Å². The van der Waals surface area contributed by atoms with Crippen LogP contribution in [-0.2, 0) is 16.6 Å². The first-order chi connectivity index (χ1) is 8.34. The van der Waals surface area contributed by atoms with E-state index in [4.69, 9.17) is 12.2 Å². The molecule has 0 heterocycles. The van der Waals surface area contributed by atoms with Gasteiger partial charge in [0.25, 0.3) is 0 Å². The van der Waals surface area contributed by atoms with Gasteiger partial charge < -0.3 is 5.73 Å². The van der Waals surface area contributed by atoms with E-state index in [1.807, 2.05) is 13.0 Å². The molecule has 98 valence electrons. The van der Waals surface area contributed by atoms with Gasteiger partial charge in [0.2, 0.25) is 10.0 Å². The highest BCUT2D eigenvalue weighted by molar-refractivity contribution is 7.89. The number of nitrogens with two attached hydrogens (primary N) is 1. The number of terminal acetylenes is 1. The van der Waals surface area contributed by atoms with Gasteiger partial charge in [-0.3, -0.25) is 0 Å². The summed E-state index contributed by atoms with van der Waals surface area (Å²) >= 11 is 0. The third kappa shape index (κ3) is 2.72. The van der Waals surface area contributed by atoms with E-state index in [2.05, 4.69) is 5.92 Å². The lowest BCUT2D eigenvalue weighted by molar-refractivity contribution is 0.502. The third-order valence-electron chi connectivity index (χ3n) is 2.92. The molecule has 0 amide bonds. The van der Waals surface area contributed by atoms with E-state index >= 15 is 0 Å². The maximum absolute atomic E-state index is 12.4. The average molecular weight is 266 g/mol. The fourth-order valence-electron chi connectivity index (χ4n) is 1.67. The topological polar surface area (TPSA) is 63.4 Å². The van der Waals surface area contributed by atoms with Gasteiger partial charge in [-0.2, -0.15) is 4.31 Å². The van der Waals surface area contributed by atoms with Crippen molar-refractivity contribution in [1.29, 1.82) is 0 Å². The molecular formula is C13H18N2O2S. The predicted molar refractivity (Wildman–Crippen MR) is 72.5 cm³/mol. The number of nitrogens with zero attached hydrogens (tertiary/aromatic N) is 1. The molecule has 0 atom stereocenters. The summed E-state index contributed by atoms with van der Waals surface area (Å²) in [6.07, 6.45) is 5.15. The van der Waals surface area contributed by atoms with E-state index in [9.17, 15) is 8.42 Å². The van der Waals surface area contributed by atoms with Crippen molar-refractivity contribution in [2.24, 2.45) is 5.73 Å². The first-order valence-corrected chi connectivity index (χ1v) is 6.98. The van der Waals surface area contributed by atoms with Crippen LogP contribution in [0.15, 0.2) is 17.0 Å². The fraction of sp³-hybridized carbons (Fsp3) is 0.385. The Morgan fingerprint density at radius 3 is 2.50 bits per heavy atom. The maximum atomic E-state index is 12.4. The lowest BCUT2D eigenvalue weighted by Gasteiger charge is -2.18. The summed E-state index contributed by atoms with van der Waals surface area (Å²) in [5, 5.41) is 0. The number of sulfonamides is 1. The van der Waals surface area contributed by atoms with Gasteiger partial charge in [0.05, 0.1) is 11.4 Å². The van der Waals surface area contributed by atoms with Crippen molar-refractivity contribution in [2.45, 2.75) is 25.3 Å². The Hall–Kier alpha value is -1.35. The SMILES string of the molecule is C#CCN(C)S(=O)(=O)c1cc(CN)cc(C)c1C. The lowest BCUT2D eigenvalue weighted by Crippen LogP contribution is -2.28. The zero-order chi connectivity index (χ0) is 13.9. The Labute approximate surface area is 109 Å². The van der Waals surface area contributed by atoms with E-state index in [1.165, 1.54) is 7.05 Å². The molecule has 1 rings (SSSR count). The molecule has 0 bridgehead atoms. The highest BCUT2D eigenvalue weighted by Gasteiger charge is 2.23. The van der Waals surface area contributed by atoms with Crippen LogP contribution in [-0.4, -0.2) is 26.3 Å². The van der Waals surface area contributed by atoms with Gasteiger partial charge in [0.15, 0.2) is 0 Å². The summed E-state index contributed by atoms with van der Waals surface area (Å²) in [6.45, 7) is 4.01. The number of aryl methyl sites for hydroxylation is 1. The van der Waals surface area contributed by atoms with Crippen molar-refractivity contribution >= 4 is 10.0 Å². The number of hydrogen-bond acceptors (Lipinski definition) is 3. The van der Waals surface area contributed by atoms with Crippen molar-refractivity contribution in [2.75, 3.05) is 13.6 Å². The minimum absolute atomic E-state index is 0.0493. The van der Waals surface area contributed by atoms with Crippen LogP contribution in [0.3, 0.4) is 0 Å². The van der Waals surface area contributed by atoms with Crippen LogP contribution in [0.2, 0.25) is 0 Å². The molecular weight excluding hydrogens is 248 g/mol. The summed E-state index contributed by atoms with van der Waals surface area (Å²) in [6, 6.07) is 3.51. The van der Waals surface area contributed by atoms with Crippen LogP contribution < -0.4 is 5.73 Å². The van der Waals surface area contributed by atoms with Crippen molar-refractivity contribution in [3.63, 3.8) is 0 Å². The predicted octanol–water partition coefficient (Wildman–Crippen LogP) is 1.02. The molecule has 5 heteroatoms. The van der Waals surface area contributed by atoms with E-state index in [1.54, 1.807) is 13.0 Å². The zero-order valence-electron chi connectivity index (χ0n) is 10.9. The Kier molecular flexibility index (Phi) is 4.52. The molecule has 0 aliphatic rings. The quantitative estimate of drug-likeness (QED) is 0.827. The molecule has 18 heavy (non-hydrogen) atoms. The molecule has 0 saturated carbocycles. The molecule has 0 aliphatic heterocycles. The highest BCUT2D eigenvalue weighted by Crippen LogP contribution is 2.23. The zero-order valence-corrected chi connectivity index (χ0v) is 11.7. The second kappa shape index (κ2) is 5.53. The van der Waals surface area contributed by atoms with Gasteiger partial charge in [-0.05, 0) is 36.6 Å². The van der Waals surface area contributed by atoms with Crippen LogP contribution in [0.4, 0.5) is 0 Å². The van der Waals surface area contributed by atoms with Crippen LogP contribution in [0.5, 0.6) is 0 Å². The molecule has 0 aromatic heterocycles. The van der Waals surface area contributed by atoms with Gasteiger partial charge in [0.1, 0.15) is 0 Å². The highest BCUT2D eigenvalue weighted by atomic mass is 32.2. The van der Waals surface area contributed by atoms with Gasteiger partial charge in [0, 0.05) is 13.6 Å². The summed E-state index contributed by atoms with van der Waals surface area (Å²) in [7, 11) is -2.08. The molecule has 0 spiro atoms. The normalized spacial score (nSPS) is 11.6. The summed E-state index contributed by atoms with van der Waals surface area (Å²) < 4.78 is 25.9. The molecule has 1 aromatic carbocycles. The minimum Gasteiger partial charge on any atom is -0.326 e. The Balaban J connectivity index is 3.41. The summed E-state index contributed by atoms with van der Waals surface area (Å²) in [4.78, 5) is 0.278. The number of hydrogen-bond donors (Lipinski definition) is 1. The van der Waals surface area contributed by atoms with Crippen molar-refractivity contribution in [3.05, 3.63) is 28.8 Å². The monoisotopic (exact) mass is 266 g/mol. The van der Waals surface area contributed by atoms with Gasteiger partial charge >= 0.3 is 0 Å². The molecule has 2 N–H and O–H groups in total. The lowest BCUT2D eigenvalue weighted by atomic mass is 10.1. The minimum atomic E-state index is -3.55. The van der Waals surface area contributed by atoms with Crippen LogP contribution in [0.25, 0.3) is 0 Å². The first kappa shape index (κ1) is 14.7. The molecule has 0 fully saturated rings. The summed E-state index contributed by atoms with van der Waals surface area (Å²) in [5.41, 5.74) is 8.01. The van der Waals surface area contributed by atoms with E-state index in [0.717, 1.165) is 21.0 Å². The number of rotatable bonds is 4. The number of benzene rings is 1. The standard InChI is InChI=1S/C13H18N2O2S/c1-5-6-15(4)18(16,17)13-8-12(9-14)7-10(2)11(13)3/h1,7-8H,6,9,14H2,2-4H3. The summed E-state index contributed by atoms with van der Waals surface area (Å²) in [5.74, 6) is 2.33. The van der Waals surface area contributed by atoms with Gasteiger partial charge in [-0.15, -0.1) is 6.42 Å².